The summed E-state index contributed by atoms with van der Waals surface area (Å²) in [4.78, 5) is 8.95. The molecule has 0 bridgehead atoms. The lowest BCUT2D eigenvalue weighted by atomic mass is 10.3. The van der Waals surface area contributed by atoms with Crippen LogP contribution in [0, 0.1) is 0 Å². The summed E-state index contributed by atoms with van der Waals surface area (Å²) in [6, 6.07) is 5.85. The molecule has 1 aromatic heterocycles. The van der Waals surface area contributed by atoms with Crippen LogP contribution < -0.4 is 10.6 Å². The third-order valence-electron chi connectivity index (χ3n) is 2.61. The van der Waals surface area contributed by atoms with Gasteiger partial charge in [-0.2, -0.15) is 0 Å². The second-order valence-electron chi connectivity index (χ2n) is 4.45. The van der Waals surface area contributed by atoms with Gasteiger partial charge in [0.25, 0.3) is 0 Å². The summed E-state index contributed by atoms with van der Waals surface area (Å²) in [6.07, 6.45) is 0. The zero-order chi connectivity index (χ0) is 12.4. The van der Waals surface area contributed by atoms with Crippen LogP contribution in [0.3, 0.4) is 0 Å². The highest BCUT2D eigenvalue weighted by atomic mass is 32.1. The highest BCUT2D eigenvalue weighted by Crippen LogP contribution is 2.29. The molecule has 4 nitrogen and oxygen atoms in total. The monoisotopic (exact) mass is 250 g/mol. The standard InChI is InChI=1S/C12H18N4S/c1-15(2)6-7-16(3)12-14-10-5-4-9(13)8-11(10)17-12/h4-5,8H,6-7,13H2,1-3H3. The fourth-order valence-electron chi connectivity index (χ4n) is 1.54. The number of anilines is 2. The average molecular weight is 250 g/mol. The SMILES string of the molecule is CN(C)CCN(C)c1nc2ccc(N)cc2s1. The van der Waals surface area contributed by atoms with Crippen molar-refractivity contribution in [3.63, 3.8) is 0 Å². The van der Waals surface area contributed by atoms with Crippen LogP contribution in [0.5, 0.6) is 0 Å². The minimum absolute atomic E-state index is 0.795. The molecule has 92 valence electrons. The Labute approximate surface area is 106 Å². The van der Waals surface area contributed by atoms with E-state index in [1.165, 1.54) is 0 Å². The van der Waals surface area contributed by atoms with Crippen molar-refractivity contribution in [2.24, 2.45) is 0 Å². The predicted octanol–water partition coefficient (Wildman–Crippen LogP) is 1.88. The summed E-state index contributed by atoms with van der Waals surface area (Å²) >= 11 is 1.69. The minimum Gasteiger partial charge on any atom is -0.399 e. The Morgan fingerprint density at radius 3 is 2.71 bits per heavy atom. The number of hydrogen-bond donors (Lipinski definition) is 1. The van der Waals surface area contributed by atoms with E-state index in [1.54, 1.807) is 11.3 Å². The smallest absolute Gasteiger partial charge is 0.186 e. The van der Waals surface area contributed by atoms with Gasteiger partial charge in [-0.3, -0.25) is 0 Å². The molecule has 0 aliphatic carbocycles. The molecular formula is C12H18N4S. The molecule has 0 saturated heterocycles. The van der Waals surface area contributed by atoms with E-state index in [1.807, 2.05) is 18.2 Å². The van der Waals surface area contributed by atoms with Crippen molar-refractivity contribution in [3.05, 3.63) is 18.2 Å². The summed E-state index contributed by atoms with van der Waals surface area (Å²) in [5.41, 5.74) is 7.59. The van der Waals surface area contributed by atoms with Gasteiger partial charge >= 0.3 is 0 Å². The maximum Gasteiger partial charge on any atom is 0.186 e. The van der Waals surface area contributed by atoms with Gasteiger partial charge in [-0.05, 0) is 32.3 Å². The zero-order valence-electron chi connectivity index (χ0n) is 10.5. The van der Waals surface area contributed by atoms with Gasteiger partial charge in [-0.1, -0.05) is 11.3 Å². The highest BCUT2D eigenvalue weighted by Gasteiger charge is 2.08. The number of rotatable bonds is 4. The number of thiazole rings is 1. The van der Waals surface area contributed by atoms with Crippen molar-refractivity contribution in [2.75, 3.05) is 44.9 Å². The first-order valence-electron chi connectivity index (χ1n) is 5.58. The average Bonchev–Trinajstić information content (AvgIpc) is 2.68. The van der Waals surface area contributed by atoms with Crippen LogP contribution in [-0.2, 0) is 0 Å². The summed E-state index contributed by atoms with van der Waals surface area (Å²) < 4.78 is 1.15. The van der Waals surface area contributed by atoms with Crippen molar-refractivity contribution in [1.29, 1.82) is 0 Å². The van der Waals surface area contributed by atoms with E-state index in [0.29, 0.717) is 0 Å². The molecule has 2 aromatic rings. The molecule has 17 heavy (non-hydrogen) atoms. The minimum atomic E-state index is 0.795. The Morgan fingerprint density at radius 2 is 2.00 bits per heavy atom. The van der Waals surface area contributed by atoms with E-state index in [0.717, 1.165) is 34.1 Å². The molecule has 5 heteroatoms. The molecule has 0 aliphatic rings. The van der Waals surface area contributed by atoms with Crippen LogP contribution in [0.25, 0.3) is 10.2 Å². The first-order chi connectivity index (χ1) is 8.06. The maximum absolute atomic E-state index is 5.77. The number of fused-ring (bicyclic) bond motifs is 1. The van der Waals surface area contributed by atoms with E-state index in [2.05, 4.69) is 35.9 Å². The van der Waals surface area contributed by atoms with E-state index in [9.17, 15) is 0 Å². The number of likely N-dealkylation sites (N-methyl/N-ethyl adjacent to an activating group) is 2. The van der Waals surface area contributed by atoms with E-state index in [4.69, 9.17) is 5.73 Å². The van der Waals surface area contributed by atoms with Crippen molar-refractivity contribution in [3.8, 4) is 0 Å². The Hall–Kier alpha value is -1.33. The Bertz CT molecular complexity index is 506. The van der Waals surface area contributed by atoms with Gasteiger partial charge in [0.2, 0.25) is 0 Å². The van der Waals surface area contributed by atoms with Crippen molar-refractivity contribution < 1.29 is 0 Å². The fraction of sp³-hybridized carbons (Fsp3) is 0.417. The largest absolute Gasteiger partial charge is 0.399 e. The Balaban J connectivity index is 2.18. The quantitative estimate of drug-likeness (QED) is 0.842. The summed E-state index contributed by atoms with van der Waals surface area (Å²) in [5, 5.41) is 1.05. The molecular weight excluding hydrogens is 232 g/mol. The Kier molecular flexibility index (Phi) is 3.49. The molecule has 0 saturated carbocycles. The number of hydrogen-bond acceptors (Lipinski definition) is 5. The highest BCUT2D eigenvalue weighted by molar-refractivity contribution is 7.22. The van der Waals surface area contributed by atoms with Gasteiger partial charge in [0, 0.05) is 25.8 Å². The lowest BCUT2D eigenvalue weighted by molar-refractivity contribution is 0.416. The molecule has 2 N–H and O–H groups in total. The summed E-state index contributed by atoms with van der Waals surface area (Å²) in [7, 11) is 6.23. The van der Waals surface area contributed by atoms with E-state index in [-0.39, 0.29) is 0 Å². The number of nitrogens with zero attached hydrogens (tertiary/aromatic N) is 3. The molecule has 0 unspecified atom stereocenters. The molecule has 0 amide bonds. The van der Waals surface area contributed by atoms with Gasteiger partial charge in [0.15, 0.2) is 5.13 Å². The summed E-state index contributed by atoms with van der Waals surface area (Å²) in [5.74, 6) is 0. The topological polar surface area (TPSA) is 45.4 Å². The van der Waals surface area contributed by atoms with Gasteiger partial charge in [-0.25, -0.2) is 4.98 Å². The second kappa shape index (κ2) is 4.89. The van der Waals surface area contributed by atoms with Gasteiger partial charge in [0.1, 0.15) is 0 Å². The fourth-order valence-corrected chi connectivity index (χ4v) is 2.54. The lowest BCUT2D eigenvalue weighted by Gasteiger charge is -2.18. The Morgan fingerprint density at radius 1 is 1.24 bits per heavy atom. The van der Waals surface area contributed by atoms with Gasteiger partial charge in [-0.15, -0.1) is 0 Å². The number of nitrogens with two attached hydrogens (primary N) is 1. The van der Waals surface area contributed by atoms with Crippen molar-refractivity contribution >= 4 is 32.4 Å². The van der Waals surface area contributed by atoms with Crippen LogP contribution in [0.4, 0.5) is 10.8 Å². The van der Waals surface area contributed by atoms with Crippen molar-refractivity contribution in [2.45, 2.75) is 0 Å². The number of aromatic nitrogens is 1. The molecule has 0 aliphatic heterocycles. The predicted molar refractivity (Wildman–Crippen MR) is 75.9 cm³/mol. The van der Waals surface area contributed by atoms with Crippen molar-refractivity contribution in [1.82, 2.24) is 9.88 Å². The molecule has 2 rings (SSSR count). The molecule has 1 heterocycles. The third-order valence-corrected chi connectivity index (χ3v) is 3.74. The van der Waals surface area contributed by atoms with Crippen LogP contribution in [0.1, 0.15) is 0 Å². The molecule has 0 radical (unpaired) electrons. The second-order valence-corrected chi connectivity index (χ2v) is 5.46. The number of nitrogen functional groups attached to an aromatic ring is 1. The van der Waals surface area contributed by atoms with Gasteiger partial charge < -0.3 is 15.5 Å². The lowest BCUT2D eigenvalue weighted by Crippen LogP contribution is -2.28. The summed E-state index contributed by atoms with van der Waals surface area (Å²) in [6.45, 7) is 2.00. The third kappa shape index (κ3) is 2.87. The molecule has 0 fully saturated rings. The normalized spacial score (nSPS) is 11.3. The van der Waals surface area contributed by atoms with Crippen LogP contribution in [0.2, 0.25) is 0 Å². The first kappa shape index (κ1) is 12.1. The van der Waals surface area contributed by atoms with E-state index >= 15 is 0 Å². The van der Waals surface area contributed by atoms with Gasteiger partial charge in [0.05, 0.1) is 10.2 Å². The molecule has 0 spiro atoms. The van der Waals surface area contributed by atoms with Crippen LogP contribution >= 0.6 is 11.3 Å². The van der Waals surface area contributed by atoms with Crippen LogP contribution in [0.15, 0.2) is 18.2 Å². The zero-order valence-corrected chi connectivity index (χ0v) is 11.3. The number of benzene rings is 1. The molecule has 1 aromatic carbocycles. The van der Waals surface area contributed by atoms with Crippen LogP contribution in [-0.4, -0.2) is 44.1 Å². The van der Waals surface area contributed by atoms with E-state index < -0.39 is 0 Å². The molecule has 0 atom stereocenters. The first-order valence-corrected chi connectivity index (χ1v) is 6.40. The maximum atomic E-state index is 5.77.